The number of amides is 1. The molecule has 30 heavy (non-hydrogen) atoms. The first kappa shape index (κ1) is 29.6. The Morgan fingerprint density at radius 2 is 1.53 bits per heavy atom. The summed E-state index contributed by atoms with van der Waals surface area (Å²) in [4.78, 5) is 17.4. The van der Waals surface area contributed by atoms with Crippen LogP contribution in [0.2, 0.25) is 16.6 Å². The van der Waals surface area contributed by atoms with Crippen molar-refractivity contribution < 1.29 is 18.8 Å². The minimum absolute atomic E-state index is 0.0884. The third-order valence-electron chi connectivity index (χ3n) is 6.34. The monoisotopic (exact) mass is 463 g/mol. The van der Waals surface area contributed by atoms with Crippen molar-refractivity contribution >= 4 is 25.8 Å². The lowest BCUT2D eigenvalue weighted by Gasteiger charge is -2.44. The normalized spacial score (nSPS) is 16.3. The van der Waals surface area contributed by atoms with E-state index in [0.29, 0.717) is 22.5 Å². The number of alkyl halides is 1. The lowest BCUT2D eigenvalue weighted by Crippen LogP contribution is -2.50. The van der Waals surface area contributed by atoms with E-state index in [1.54, 1.807) is 14.2 Å². The van der Waals surface area contributed by atoms with Gasteiger partial charge in [0.1, 0.15) is 0 Å². The second-order valence-electron chi connectivity index (χ2n) is 9.26. The number of hydrogen-bond acceptors (Lipinski definition) is 4. The van der Waals surface area contributed by atoms with Crippen LogP contribution in [0.25, 0.3) is 0 Å². The van der Waals surface area contributed by atoms with E-state index in [-0.39, 0.29) is 24.0 Å². The first-order chi connectivity index (χ1) is 13.9. The Morgan fingerprint density at radius 1 is 1.03 bits per heavy atom. The fourth-order valence-electron chi connectivity index (χ4n) is 4.66. The van der Waals surface area contributed by atoms with E-state index in [9.17, 15) is 4.79 Å². The summed E-state index contributed by atoms with van der Waals surface area (Å²) in [5.74, 6) is 0.0738. The van der Waals surface area contributed by atoms with Crippen molar-refractivity contribution in [3.63, 3.8) is 0 Å². The van der Waals surface area contributed by atoms with E-state index in [1.807, 2.05) is 6.92 Å². The van der Waals surface area contributed by atoms with Gasteiger partial charge in [-0.2, -0.15) is 0 Å². The van der Waals surface area contributed by atoms with Gasteiger partial charge in [0.15, 0.2) is 0 Å². The Balaban J connectivity index is 5.28. The first-order valence-electron chi connectivity index (χ1n) is 11.1. The van der Waals surface area contributed by atoms with Gasteiger partial charge in [-0.3, -0.25) is 9.63 Å². The quantitative estimate of drug-likeness (QED) is 0.133. The second kappa shape index (κ2) is 13.9. The van der Waals surface area contributed by atoms with Crippen LogP contribution in [-0.2, 0) is 18.8 Å². The molecule has 0 heterocycles. The number of hydroxylamine groups is 2. The molecule has 0 rings (SSSR count). The zero-order valence-corrected chi connectivity index (χ0v) is 22.9. The van der Waals surface area contributed by atoms with Crippen LogP contribution >= 0.6 is 11.6 Å². The number of carbonyl (C=O) groups is 1. The van der Waals surface area contributed by atoms with Crippen LogP contribution in [0.1, 0.15) is 68.2 Å². The van der Waals surface area contributed by atoms with Crippen molar-refractivity contribution in [3.05, 3.63) is 11.6 Å². The molecule has 0 bridgehead atoms. The highest BCUT2D eigenvalue weighted by Gasteiger charge is 2.46. The van der Waals surface area contributed by atoms with E-state index in [4.69, 9.17) is 25.6 Å². The highest BCUT2D eigenvalue weighted by molar-refractivity contribution is 6.77. The molecule has 7 heteroatoms. The van der Waals surface area contributed by atoms with Crippen molar-refractivity contribution in [2.75, 3.05) is 27.1 Å². The van der Waals surface area contributed by atoms with Gasteiger partial charge in [0.05, 0.1) is 31.1 Å². The van der Waals surface area contributed by atoms with E-state index in [0.717, 1.165) is 12.8 Å². The molecule has 0 aliphatic carbocycles. The molecule has 0 radical (unpaired) electrons. The summed E-state index contributed by atoms with van der Waals surface area (Å²) in [6, 6.07) is 0. The second-order valence-corrected chi connectivity index (χ2v) is 15.0. The molecule has 0 spiro atoms. The molecule has 0 aromatic heterocycles. The highest BCUT2D eigenvalue weighted by Crippen LogP contribution is 2.43. The number of halogens is 1. The Bertz CT molecular complexity index is 518. The zero-order chi connectivity index (χ0) is 23.6. The van der Waals surface area contributed by atoms with Crippen molar-refractivity contribution in [1.82, 2.24) is 5.06 Å². The summed E-state index contributed by atoms with van der Waals surface area (Å²) < 4.78 is 12.4. The van der Waals surface area contributed by atoms with Gasteiger partial charge in [-0.25, -0.2) is 5.06 Å². The van der Waals surface area contributed by atoms with E-state index >= 15 is 0 Å². The van der Waals surface area contributed by atoms with Crippen molar-refractivity contribution in [1.29, 1.82) is 0 Å². The summed E-state index contributed by atoms with van der Waals surface area (Å²) in [6.45, 7) is 17.7. The summed E-state index contributed by atoms with van der Waals surface area (Å²) in [5, 5.41) is 1.25. The van der Waals surface area contributed by atoms with Crippen molar-refractivity contribution in [2.24, 2.45) is 5.92 Å². The number of nitrogens with zero attached hydrogens (tertiary/aromatic N) is 1. The van der Waals surface area contributed by atoms with Gasteiger partial charge < -0.3 is 9.16 Å². The van der Waals surface area contributed by atoms with E-state index in [2.05, 4.69) is 54.5 Å². The van der Waals surface area contributed by atoms with Gasteiger partial charge in [-0.1, -0.05) is 60.1 Å². The van der Waals surface area contributed by atoms with Crippen LogP contribution < -0.4 is 0 Å². The minimum atomic E-state index is -2.00. The fourth-order valence-corrected chi connectivity index (χ4v) is 10.4. The molecular weight excluding hydrogens is 418 g/mol. The van der Waals surface area contributed by atoms with Crippen LogP contribution in [0.3, 0.4) is 0 Å². The van der Waals surface area contributed by atoms with Gasteiger partial charge >= 0.3 is 0 Å². The molecule has 5 nitrogen and oxygen atoms in total. The SMILES string of the molecule is CO[C@@H](CC/C(C)=C/C(CCl)O[Si](C(C)C)(C(C)C)C(C)C)[C@@H](C)C(=O)N(C)OC. The van der Waals surface area contributed by atoms with Crippen LogP contribution in [0.4, 0.5) is 0 Å². The predicted molar refractivity (Wildman–Crippen MR) is 129 cm³/mol. The average molecular weight is 464 g/mol. The van der Waals surface area contributed by atoms with Crippen molar-refractivity contribution in [2.45, 2.75) is 97.1 Å². The van der Waals surface area contributed by atoms with Crippen LogP contribution in [0.5, 0.6) is 0 Å². The molecule has 178 valence electrons. The number of ether oxygens (including phenoxy) is 1. The topological polar surface area (TPSA) is 48.0 Å². The summed E-state index contributed by atoms with van der Waals surface area (Å²) in [6.07, 6.45) is 3.47. The summed E-state index contributed by atoms with van der Waals surface area (Å²) >= 11 is 6.33. The maximum atomic E-state index is 12.4. The molecule has 0 aromatic carbocycles. The van der Waals surface area contributed by atoms with E-state index < -0.39 is 8.32 Å². The van der Waals surface area contributed by atoms with E-state index in [1.165, 1.54) is 17.7 Å². The van der Waals surface area contributed by atoms with Crippen LogP contribution in [0, 0.1) is 5.92 Å². The molecule has 0 N–H and O–H groups in total. The number of methoxy groups -OCH3 is 1. The Morgan fingerprint density at radius 3 is 1.90 bits per heavy atom. The zero-order valence-electron chi connectivity index (χ0n) is 21.1. The third kappa shape index (κ3) is 7.94. The smallest absolute Gasteiger partial charge is 0.251 e. The molecule has 0 aliphatic heterocycles. The molecular formula is C23H46ClNO4Si. The Hall–Kier alpha value is -0.403. The van der Waals surface area contributed by atoms with Gasteiger partial charge in [-0.15, -0.1) is 11.6 Å². The molecule has 0 saturated heterocycles. The molecule has 3 atom stereocenters. The highest BCUT2D eigenvalue weighted by atomic mass is 35.5. The molecule has 0 aromatic rings. The first-order valence-corrected chi connectivity index (χ1v) is 13.8. The largest absolute Gasteiger partial charge is 0.409 e. The Kier molecular flexibility index (Phi) is 13.7. The van der Waals surface area contributed by atoms with Gasteiger partial charge in [0.2, 0.25) is 8.32 Å². The summed E-state index contributed by atoms with van der Waals surface area (Å²) in [7, 11) is 2.76. The number of rotatable bonds is 14. The molecule has 1 amide bonds. The standard InChI is InChI=1S/C23H46ClNO4Si/c1-16(2)30(17(3)4,18(5)6)29-21(15-24)14-19(7)12-13-22(27-10)20(8)23(26)25(9)28-11/h14,16-18,20-22H,12-13,15H2,1-11H3/b19-14+/t20-,21?,22+/m1/s1. The summed E-state index contributed by atoms with van der Waals surface area (Å²) in [5.41, 5.74) is 2.75. The molecule has 0 fully saturated rings. The molecule has 1 unspecified atom stereocenters. The lowest BCUT2D eigenvalue weighted by atomic mass is 9.97. The maximum Gasteiger partial charge on any atom is 0.251 e. The third-order valence-corrected chi connectivity index (χ3v) is 12.8. The minimum Gasteiger partial charge on any atom is -0.409 e. The van der Waals surface area contributed by atoms with Crippen LogP contribution in [0.15, 0.2) is 11.6 Å². The number of allylic oxidation sites excluding steroid dienone is 1. The lowest BCUT2D eigenvalue weighted by molar-refractivity contribution is -0.177. The predicted octanol–water partition coefficient (Wildman–Crippen LogP) is 6.18. The Labute approximate surface area is 191 Å². The molecule has 0 saturated carbocycles. The van der Waals surface area contributed by atoms with Gasteiger partial charge in [0.25, 0.3) is 5.91 Å². The number of carbonyl (C=O) groups excluding carboxylic acids is 1. The van der Waals surface area contributed by atoms with Gasteiger partial charge in [0, 0.05) is 14.2 Å². The molecule has 0 aliphatic rings. The fraction of sp³-hybridized carbons (Fsp3) is 0.870. The number of hydrogen-bond donors (Lipinski definition) is 0. The maximum absolute atomic E-state index is 12.4. The van der Waals surface area contributed by atoms with Crippen LogP contribution in [-0.4, -0.2) is 58.6 Å². The van der Waals surface area contributed by atoms with Gasteiger partial charge in [-0.05, 0) is 36.4 Å². The van der Waals surface area contributed by atoms with Crippen molar-refractivity contribution in [3.8, 4) is 0 Å². The average Bonchev–Trinajstić information content (AvgIpc) is 2.68.